The molecule has 1 aromatic rings. The topological polar surface area (TPSA) is 77.0 Å². The van der Waals surface area contributed by atoms with Gasteiger partial charge in [-0.2, -0.15) is 0 Å². The monoisotopic (exact) mass is 237 g/mol. The maximum absolute atomic E-state index is 12.2. The molecule has 1 amide bonds. The van der Waals surface area contributed by atoms with Crippen LogP contribution in [-0.4, -0.2) is 38.9 Å². The van der Waals surface area contributed by atoms with Crippen molar-refractivity contribution in [2.75, 3.05) is 13.1 Å². The number of aromatic nitrogens is 3. The van der Waals surface area contributed by atoms with Crippen LogP contribution in [0.25, 0.3) is 0 Å². The zero-order chi connectivity index (χ0) is 12.3. The number of amides is 1. The largest absolute Gasteiger partial charge is 0.341 e. The first kappa shape index (κ1) is 12.0. The van der Waals surface area contributed by atoms with Crippen molar-refractivity contribution in [2.45, 2.75) is 38.8 Å². The van der Waals surface area contributed by atoms with Crippen molar-refractivity contribution in [1.82, 2.24) is 19.9 Å². The zero-order valence-electron chi connectivity index (χ0n) is 10.2. The van der Waals surface area contributed by atoms with Gasteiger partial charge in [-0.05, 0) is 26.2 Å². The van der Waals surface area contributed by atoms with Crippen molar-refractivity contribution in [1.29, 1.82) is 0 Å². The minimum atomic E-state index is -0.291. The summed E-state index contributed by atoms with van der Waals surface area (Å²) in [4.78, 5) is 14.1. The first-order valence-corrected chi connectivity index (χ1v) is 6.12. The summed E-state index contributed by atoms with van der Waals surface area (Å²) < 4.78 is 1.60. The molecule has 1 aromatic heterocycles. The van der Waals surface area contributed by atoms with Gasteiger partial charge in [-0.25, -0.2) is 4.68 Å². The standard InChI is InChI=1S/C11H19N5O/c1-9(16-8-10(7-12)13-14-16)11(17)15-5-3-2-4-6-15/h8-9H,2-7,12H2,1H3. The Hall–Kier alpha value is -1.43. The van der Waals surface area contributed by atoms with Crippen LogP contribution in [0, 0.1) is 0 Å². The van der Waals surface area contributed by atoms with Gasteiger partial charge >= 0.3 is 0 Å². The highest BCUT2D eigenvalue weighted by Crippen LogP contribution is 2.15. The Labute approximate surface area is 101 Å². The van der Waals surface area contributed by atoms with Crippen molar-refractivity contribution in [2.24, 2.45) is 5.73 Å². The van der Waals surface area contributed by atoms with Gasteiger partial charge in [0.1, 0.15) is 6.04 Å². The zero-order valence-corrected chi connectivity index (χ0v) is 10.2. The molecular weight excluding hydrogens is 218 g/mol. The van der Waals surface area contributed by atoms with E-state index in [-0.39, 0.29) is 11.9 Å². The van der Waals surface area contributed by atoms with Crippen LogP contribution in [0.3, 0.4) is 0 Å². The summed E-state index contributed by atoms with van der Waals surface area (Å²) >= 11 is 0. The Bertz CT molecular complexity index is 383. The quantitative estimate of drug-likeness (QED) is 0.820. The number of nitrogens with two attached hydrogens (primary N) is 1. The Morgan fingerprint density at radius 2 is 2.18 bits per heavy atom. The minimum absolute atomic E-state index is 0.123. The molecule has 0 radical (unpaired) electrons. The summed E-state index contributed by atoms with van der Waals surface area (Å²) in [7, 11) is 0. The van der Waals surface area contributed by atoms with Crippen LogP contribution >= 0.6 is 0 Å². The maximum Gasteiger partial charge on any atom is 0.247 e. The normalized spacial score (nSPS) is 18.1. The van der Waals surface area contributed by atoms with Crippen molar-refractivity contribution >= 4 is 5.91 Å². The molecule has 6 heteroatoms. The Kier molecular flexibility index (Phi) is 3.73. The van der Waals surface area contributed by atoms with Crippen LogP contribution in [-0.2, 0) is 11.3 Å². The van der Waals surface area contributed by atoms with Gasteiger partial charge in [0.25, 0.3) is 0 Å². The predicted molar refractivity (Wildman–Crippen MR) is 63.1 cm³/mol. The molecule has 1 saturated heterocycles. The summed E-state index contributed by atoms with van der Waals surface area (Å²) in [5, 5.41) is 7.84. The van der Waals surface area contributed by atoms with E-state index < -0.39 is 0 Å². The van der Waals surface area contributed by atoms with Crippen LogP contribution in [0.4, 0.5) is 0 Å². The minimum Gasteiger partial charge on any atom is -0.341 e. The van der Waals surface area contributed by atoms with Crippen molar-refractivity contribution in [3.05, 3.63) is 11.9 Å². The molecule has 6 nitrogen and oxygen atoms in total. The molecule has 0 aliphatic carbocycles. The molecule has 1 atom stereocenters. The van der Waals surface area contributed by atoms with E-state index in [0.29, 0.717) is 12.2 Å². The molecule has 2 N–H and O–H groups in total. The van der Waals surface area contributed by atoms with Crippen LogP contribution < -0.4 is 5.73 Å². The summed E-state index contributed by atoms with van der Waals surface area (Å²) in [5.41, 5.74) is 6.18. The second-order valence-corrected chi connectivity index (χ2v) is 4.46. The average Bonchev–Trinajstić information content (AvgIpc) is 2.87. The molecular formula is C11H19N5O. The fourth-order valence-electron chi connectivity index (χ4n) is 2.09. The van der Waals surface area contributed by atoms with Gasteiger partial charge in [0, 0.05) is 19.6 Å². The number of nitrogens with zero attached hydrogens (tertiary/aromatic N) is 4. The van der Waals surface area contributed by atoms with E-state index in [0.717, 1.165) is 25.9 Å². The van der Waals surface area contributed by atoms with Gasteiger partial charge in [-0.3, -0.25) is 4.79 Å². The smallest absolute Gasteiger partial charge is 0.247 e. The van der Waals surface area contributed by atoms with E-state index in [9.17, 15) is 4.79 Å². The van der Waals surface area contributed by atoms with Crippen molar-refractivity contribution in [3.63, 3.8) is 0 Å². The number of rotatable bonds is 3. The SMILES string of the molecule is CC(C(=O)N1CCCCC1)n1cc(CN)nn1. The molecule has 1 aliphatic heterocycles. The summed E-state index contributed by atoms with van der Waals surface area (Å²) in [6, 6.07) is -0.291. The lowest BCUT2D eigenvalue weighted by molar-refractivity contribution is -0.135. The lowest BCUT2D eigenvalue weighted by atomic mass is 10.1. The molecule has 1 unspecified atom stereocenters. The summed E-state index contributed by atoms with van der Waals surface area (Å²) in [5.74, 6) is 0.123. The van der Waals surface area contributed by atoms with E-state index in [1.54, 1.807) is 10.9 Å². The molecule has 2 heterocycles. The summed E-state index contributed by atoms with van der Waals surface area (Å²) in [6.45, 7) is 3.93. The van der Waals surface area contributed by atoms with E-state index in [1.165, 1.54) is 6.42 Å². The number of hydrogen-bond donors (Lipinski definition) is 1. The Morgan fingerprint density at radius 3 is 2.76 bits per heavy atom. The molecule has 17 heavy (non-hydrogen) atoms. The molecule has 1 fully saturated rings. The highest BCUT2D eigenvalue weighted by Gasteiger charge is 2.24. The second kappa shape index (κ2) is 5.27. The van der Waals surface area contributed by atoms with Gasteiger partial charge in [0.2, 0.25) is 5.91 Å². The fraction of sp³-hybridized carbons (Fsp3) is 0.727. The van der Waals surface area contributed by atoms with E-state index >= 15 is 0 Å². The van der Waals surface area contributed by atoms with Crippen LogP contribution in [0.1, 0.15) is 37.9 Å². The molecule has 94 valence electrons. The van der Waals surface area contributed by atoms with Crippen LogP contribution in [0.5, 0.6) is 0 Å². The van der Waals surface area contributed by atoms with Crippen LogP contribution in [0.2, 0.25) is 0 Å². The van der Waals surface area contributed by atoms with Crippen molar-refractivity contribution < 1.29 is 4.79 Å². The highest BCUT2D eigenvalue weighted by atomic mass is 16.2. The number of hydrogen-bond acceptors (Lipinski definition) is 4. The first-order valence-electron chi connectivity index (χ1n) is 6.12. The third kappa shape index (κ3) is 2.63. The van der Waals surface area contributed by atoms with Gasteiger partial charge in [0.05, 0.1) is 11.9 Å². The number of carbonyl (C=O) groups is 1. The maximum atomic E-state index is 12.2. The number of likely N-dealkylation sites (tertiary alicyclic amines) is 1. The lowest BCUT2D eigenvalue weighted by Crippen LogP contribution is -2.39. The average molecular weight is 237 g/mol. The van der Waals surface area contributed by atoms with E-state index in [1.807, 2.05) is 11.8 Å². The van der Waals surface area contributed by atoms with Gasteiger partial charge in [0.15, 0.2) is 0 Å². The Morgan fingerprint density at radius 1 is 1.47 bits per heavy atom. The molecule has 0 saturated carbocycles. The van der Waals surface area contributed by atoms with Gasteiger partial charge in [-0.15, -0.1) is 5.10 Å². The second-order valence-electron chi connectivity index (χ2n) is 4.46. The molecule has 2 rings (SSSR count). The van der Waals surface area contributed by atoms with E-state index in [2.05, 4.69) is 10.3 Å². The molecule has 1 aliphatic rings. The predicted octanol–water partition coefficient (Wildman–Crippen LogP) is 0.310. The van der Waals surface area contributed by atoms with Gasteiger partial charge < -0.3 is 10.6 Å². The summed E-state index contributed by atoms with van der Waals surface area (Å²) in [6.07, 6.45) is 5.17. The number of carbonyl (C=O) groups excluding carboxylic acids is 1. The third-order valence-corrected chi connectivity index (χ3v) is 3.19. The van der Waals surface area contributed by atoms with Crippen molar-refractivity contribution in [3.8, 4) is 0 Å². The highest BCUT2D eigenvalue weighted by molar-refractivity contribution is 5.80. The third-order valence-electron chi connectivity index (χ3n) is 3.19. The fourth-order valence-corrected chi connectivity index (χ4v) is 2.09. The number of piperidine rings is 1. The molecule has 0 bridgehead atoms. The van der Waals surface area contributed by atoms with Crippen LogP contribution in [0.15, 0.2) is 6.20 Å². The van der Waals surface area contributed by atoms with E-state index in [4.69, 9.17) is 5.73 Å². The van der Waals surface area contributed by atoms with Gasteiger partial charge in [-0.1, -0.05) is 5.21 Å². The molecule has 0 spiro atoms. The Balaban J connectivity index is 2.02. The first-order chi connectivity index (χ1) is 8.22. The molecule has 0 aromatic carbocycles. The lowest BCUT2D eigenvalue weighted by Gasteiger charge is -2.29.